The first kappa shape index (κ1) is 51.6. The van der Waals surface area contributed by atoms with Crippen LogP contribution in [0.4, 0.5) is 11.4 Å². The van der Waals surface area contributed by atoms with Crippen LogP contribution in [0.1, 0.15) is 129 Å². The highest BCUT2D eigenvalue weighted by Crippen LogP contribution is 2.55. The predicted molar refractivity (Wildman–Crippen MR) is 353 cm³/mol. The minimum Gasteiger partial charge on any atom is -0.309 e. The van der Waals surface area contributed by atoms with Gasteiger partial charge in [-0.25, -0.2) is 4.40 Å². The Bertz CT molecular complexity index is 4290. The third-order valence-corrected chi connectivity index (χ3v) is 18.6. The number of fused-ring (bicyclic) bond motifs is 6. The molecule has 1 aromatic heterocycles. The summed E-state index contributed by atoms with van der Waals surface area (Å²) in [5.41, 5.74) is 23.6. The van der Waals surface area contributed by atoms with Crippen LogP contribution in [0, 0.1) is 5.41 Å². The zero-order valence-corrected chi connectivity index (χ0v) is 47.9. The van der Waals surface area contributed by atoms with E-state index >= 15 is 0 Å². The Kier molecular flexibility index (Phi) is 13.7. The first-order valence-corrected chi connectivity index (χ1v) is 30.4. The van der Waals surface area contributed by atoms with Crippen molar-refractivity contribution < 1.29 is 0 Å². The second-order valence-electron chi connectivity index (χ2n) is 23.1. The van der Waals surface area contributed by atoms with Crippen molar-refractivity contribution in [2.45, 2.75) is 95.8 Å². The summed E-state index contributed by atoms with van der Waals surface area (Å²) >= 11 is 4.66. The number of para-hydroxylation sites is 1. The first-order chi connectivity index (χ1) is 40.5. The van der Waals surface area contributed by atoms with Gasteiger partial charge >= 0.3 is 0 Å². The number of anilines is 2. The Morgan fingerprint density at radius 1 is 0.598 bits per heavy atom. The number of rotatable bonds is 17. The third kappa shape index (κ3) is 8.75. The number of unbranched alkanes of at least 4 members (excludes halogenated alkanes) is 6. The van der Waals surface area contributed by atoms with Crippen molar-refractivity contribution in [2.24, 2.45) is 4.40 Å². The summed E-state index contributed by atoms with van der Waals surface area (Å²) in [6.07, 6.45) is 24.8. The molecule has 9 aromatic carbocycles. The lowest BCUT2D eigenvalue weighted by Crippen LogP contribution is -2.30. The standard InChI is InChI=1S/C77H68N4S/c1-3-5-7-16-46-77(47-17-8-6-4-2)68-28-14-12-25-62(68)66-50-60(41-43-69(66)77)81-70-29-15-13-26-63(70)67-48-56(36-44-71(67)81)61-42-45-72(75(78)76(61)79-82)80(58-37-32-52(33-38-58)51-20-10-9-11-21-51)59-39-34-53(35-40-59)65-49-57-24-18-22-54-30-31-55-23-19-27-64(65)74(55)73(54)57/h9-15,18-23,25-45,48-50,65,78,82H,3-8,16-17,24,46-47H2,1-2H3. The van der Waals surface area contributed by atoms with Gasteiger partial charge in [-0.05, 0) is 176 Å². The van der Waals surface area contributed by atoms with Gasteiger partial charge < -0.3 is 9.47 Å². The van der Waals surface area contributed by atoms with E-state index < -0.39 is 0 Å². The maximum Gasteiger partial charge on any atom is 0.106 e. The lowest BCUT2D eigenvalue weighted by atomic mass is 9.70. The number of thiol groups is 1. The molecule has 1 N–H and O–H groups in total. The van der Waals surface area contributed by atoms with Crippen molar-refractivity contribution >= 4 is 85.4 Å². The van der Waals surface area contributed by atoms with E-state index in [0.717, 1.165) is 56.7 Å². The van der Waals surface area contributed by atoms with Gasteiger partial charge in [0.15, 0.2) is 0 Å². The van der Waals surface area contributed by atoms with Crippen LogP contribution in [0.3, 0.4) is 0 Å². The summed E-state index contributed by atoms with van der Waals surface area (Å²) in [7, 11) is 0. The average molecular weight is 1080 g/mol. The van der Waals surface area contributed by atoms with Gasteiger partial charge in [-0.3, -0.25) is 5.41 Å². The Balaban J connectivity index is 0.842. The fraction of sp³-hybridized carbons (Fsp3) is 0.195. The van der Waals surface area contributed by atoms with Crippen LogP contribution in [-0.4, -0.2) is 16.0 Å². The summed E-state index contributed by atoms with van der Waals surface area (Å²) in [4.78, 5) is 2.20. The van der Waals surface area contributed by atoms with Crippen LogP contribution in [0.15, 0.2) is 229 Å². The van der Waals surface area contributed by atoms with Crippen LogP contribution in [0.2, 0.25) is 0 Å². The summed E-state index contributed by atoms with van der Waals surface area (Å²) < 4.78 is 7.11. The molecule has 4 nitrogen and oxygen atoms in total. The predicted octanol–water partition coefficient (Wildman–Crippen LogP) is 21.2. The number of hydrogen-bond acceptors (Lipinski definition) is 4. The van der Waals surface area contributed by atoms with Gasteiger partial charge in [-0.2, -0.15) is 0 Å². The zero-order valence-electron chi connectivity index (χ0n) is 47.0. The molecule has 0 radical (unpaired) electrons. The number of hydrogen-bond donors (Lipinski definition) is 2. The van der Waals surface area contributed by atoms with Crippen LogP contribution in [0.5, 0.6) is 0 Å². The normalized spacial score (nSPS) is 16.1. The highest BCUT2D eigenvalue weighted by Gasteiger charge is 2.42. The summed E-state index contributed by atoms with van der Waals surface area (Å²) in [6, 6.07) is 71.8. The van der Waals surface area contributed by atoms with E-state index in [1.165, 1.54) is 142 Å². The molecular weight excluding hydrogens is 1010 g/mol. The van der Waals surface area contributed by atoms with E-state index in [1.54, 1.807) is 0 Å². The molecule has 82 heavy (non-hydrogen) atoms. The van der Waals surface area contributed by atoms with Crippen LogP contribution in [-0.2, 0) is 5.41 Å². The molecule has 0 aliphatic heterocycles. The van der Waals surface area contributed by atoms with Crippen molar-refractivity contribution in [2.75, 3.05) is 4.90 Å². The average Bonchev–Trinajstić information content (AvgIpc) is 4.24. The molecule has 1 heterocycles. The number of benzene rings is 9. The van der Waals surface area contributed by atoms with Gasteiger partial charge in [0.1, 0.15) is 11.4 Å². The third-order valence-electron chi connectivity index (χ3n) is 18.4. The number of nitrogens with zero attached hydrogens (tertiary/aromatic N) is 3. The molecule has 1 unspecified atom stereocenters. The van der Waals surface area contributed by atoms with Crippen molar-refractivity contribution in [3.8, 4) is 27.9 Å². The fourth-order valence-corrected chi connectivity index (χ4v) is 14.7. The molecule has 0 bridgehead atoms. The number of aromatic nitrogens is 1. The largest absolute Gasteiger partial charge is 0.309 e. The fourth-order valence-electron chi connectivity index (χ4n) is 14.5. The molecule has 10 aromatic rings. The van der Waals surface area contributed by atoms with Gasteiger partial charge in [0.2, 0.25) is 0 Å². The molecule has 0 fully saturated rings. The van der Waals surface area contributed by atoms with Crippen molar-refractivity contribution in [3.05, 3.63) is 263 Å². The lowest BCUT2D eigenvalue weighted by molar-refractivity contribution is 0.401. The van der Waals surface area contributed by atoms with E-state index in [0.29, 0.717) is 11.4 Å². The van der Waals surface area contributed by atoms with Crippen LogP contribution in [0.25, 0.3) is 77.7 Å². The smallest absolute Gasteiger partial charge is 0.106 e. The molecular formula is C77H68N4S. The van der Waals surface area contributed by atoms with E-state index in [4.69, 9.17) is 0 Å². The monoisotopic (exact) mass is 1080 g/mol. The van der Waals surface area contributed by atoms with E-state index in [1.807, 2.05) is 0 Å². The lowest BCUT2D eigenvalue weighted by Gasteiger charge is -2.33. The first-order valence-electron chi connectivity index (χ1n) is 30.0. The van der Waals surface area contributed by atoms with Gasteiger partial charge in [-0.15, -0.1) is 0 Å². The van der Waals surface area contributed by atoms with Gasteiger partial charge in [0.25, 0.3) is 0 Å². The van der Waals surface area contributed by atoms with Crippen LogP contribution >= 0.6 is 12.8 Å². The molecule has 4 aliphatic rings. The minimum absolute atomic E-state index is 0.0347. The van der Waals surface area contributed by atoms with Crippen molar-refractivity contribution in [1.29, 1.82) is 5.41 Å². The summed E-state index contributed by atoms with van der Waals surface area (Å²) in [5.74, 6) is 0.119. The quantitative estimate of drug-likeness (QED) is 0.0533. The van der Waals surface area contributed by atoms with E-state index in [2.05, 4.69) is 265 Å². The maximum atomic E-state index is 10.1. The highest BCUT2D eigenvalue weighted by molar-refractivity contribution is 7.79. The SMILES string of the molecule is CCCCCCC1(CCCCCC)c2ccccc2-c2cc(-n3c4ccccc4c4cc(C5=CC=C(N(c6ccc(-c7ccccc7)cc6)c6ccc(C7C=C8CC=Cc9ccc%10cccc7c%10c98)cc6)C(=N)C5=NS)ccc43)ccc21. The molecule has 0 saturated carbocycles. The van der Waals surface area contributed by atoms with E-state index in [-0.39, 0.29) is 11.3 Å². The van der Waals surface area contributed by atoms with Gasteiger partial charge in [0, 0.05) is 44.7 Å². The minimum atomic E-state index is 0.0347. The molecule has 14 rings (SSSR count). The van der Waals surface area contributed by atoms with Crippen molar-refractivity contribution in [3.63, 3.8) is 0 Å². The van der Waals surface area contributed by atoms with Gasteiger partial charge in [-0.1, -0.05) is 223 Å². The van der Waals surface area contributed by atoms with Crippen molar-refractivity contribution in [1.82, 2.24) is 4.57 Å². The summed E-state index contributed by atoms with van der Waals surface area (Å²) in [6.45, 7) is 4.63. The zero-order chi connectivity index (χ0) is 55.3. The molecule has 0 amide bonds. The maximum absolute atomic E-state index is 10.1. The van der Waals surface area contributed by atoms with Gasteiger partial charge in [0.05, 0.1) is 16.7 Å². The number of nitrogens with one attached hydrogen (secondary N) is 1. The Hall–Kier alpha value is -8.51. The molecule has 402 valence electrons. The Morgan fingerprint density at radius 3 is 2.07 bits per heavy atom. The van der Waals surface area contributed by atoms with Crippen LogP contribution < -0.4 is 4.90 Å². The molecule has 4 aliphatic carbocycles. The molecule has 0 spiro atoms. The molecule has 0 saturated heterocycles. The molecule has 5 heteroatoms. The second kappa shape index (κ2) is 21.8. The topological polar surface area (TPSA) is 44.4 Å². The second-order valence-corrected chi connectivity index (χ2v) is 23.3. The number of allylic oxidation sites excluding steroid dienone is 7. The van der Waals surface area contributed by atoms with E-state index in [9.17, 15) is 5.41 Å². The highest BCUT2D eigenvalue weighted by atomic mass is 32.1. The molecule has 1 atom stereocenters. The Morgan fingerprint density at radius 2 is 1.29 bits per heavy atom. The summed E-state index contributed by atoms with van der Waals surface area (Å²) in [5, 5.41) is 15.1. The Labute approximate surface area is 488 Å².